The Balaban J connectivity index is 1.17. The van der Waals surface area contributed by atoms with Gasteiger partial charge in [-0.2, -0.15) is 0 Å². The molecule has 0 bridgehead atoms. The second-order valence-electron chi connectivity index (χ2n) is 18.1. The molecule has 2 unspecified atom stereocenters. The number of aryl methyl sites for hydroxylation is 2. The average Bonchev–Trinajstić information content (AvgIpc) is 4.09. The summed E-state index contributed by atoms with van der Waals surface area (Å²) < 4.78 is -0.327. The molecule has 2 aliphatic carbocycles. The van der Waals surface area contributed by atoms with Crippen LogP contribution in [0.3, 0.4) is 0 Å². The van der Waals surface area contributed by atoms with Gasteiger partial charge in [-0.25, -0.2) is 0 Å². The summed E-state index contributed by atoms with van der Waals surface area (Å²) in [6.45, 7) is 4.53. The van der Waals surface area contributed by atoms with E-state index in [1.54, 1.807) is 70.2 Å². The molecule has 16 aromatic carbocycles. The minimum absolute atomic E-state index is 0.167. The molecule has 0 amide bonds. The molecule has 0 N–H and O–H groups in total. The molecule has 0 heterocycles. The molecule has 0 saturated heterocycles. The number of hydrogen-bond donors (Lipinski definition) is 0. The molecule has 0 aliphatic heterocycles. The van der Waals surface area contributed by atoms with Crippen molar-refractivity contribution in [3.63, 3.8) is 0 Å². The van der Waals surface area contributed by atoms with Crippen LogP contribution in [0.1, 0.15) is 36.1 Å². The van der Waals surface area contributed by atoms with Crippen LogP contribution in [0.2, 0.25) is 0 Å². The number of benzene rings is 11. The van der Waals surface area contributed by atoms with Crippen molar-refractivity contribution in [3.8, 4) is 0 Å². The Kier molecular flexibility index (Phi) is 4.19. The second kappa shape index (κ2) is 8.50. The highest BCUT2D eigenvalue weighted by atomic mass is 32.2. The number of fused-ring (bicyclic) bond motifs is 5. The Bertz CT molecular complexity index is 4480. The van der Waals surface area contributed by atoms with Gasteiger partial charge in [0.05, 0.1) is 10.00 Å². The first-order valence-corrected chi connectivity index (χ1v) is 22.9. The van der Waals surface area contributed by atoms with Crippen molar-refractivity contribution in [1.82, 2.24) is 0 Å². The maximum absolute atomic E-state index is 2.75. The van der Waals surface area contributed by atoms with Gasteiger partial charge in [0.15, 0.2) is 0 Å². The summed E-state index contributed by atoms with van der Waals surface area (Å²) in [6.07, 6.45) is 4.86. The minimum Gasteiger partial charge on any atom is -0.116 e. The van der Waals surface area contributed by atoms with E-state index in [9.17, 15) is 0 Å². The number of thioether (sulfide) groups is 2. The van der Waals surface area contributed by atoms with Crippen molar-refractivity contribution in [3.05, 3.63) is 125 Å². The highest BCUT2D eigenvalue weighted by Gasteiger charge is 2.54. The van der Waals surface area contributed by atoms with E-state index >= 15 is 0 Å². The van der Waals surface area contributed by atoms with Gasteiger partial charge in [-0.3, -0.25) is 0 Å². The van der Waals surface area contributed by atoms with E-state index in [4.69, 9.17) is 0 Å². The fourth-order valence-corrected chi connectivity index (χ4v) is 17.1. The second-order valence-corrected chi connectivity index (χ2v) is 20.6. The monoisotopic (exact) mass is 764 g/mol. The van der Waals surface area contributed by atoms with Crippen molar-refractivity contribution >= 4 is 170 Å². The molecular weight excluding hydrogens is 737 g/mol. The zero-order chi connectivity index (χ0) is 37.0. The van der Waals surface area contributed by atoms with Gasteiger partial charge in [-0.15, -0.1) is 23.5 Å². The van der Waals surface area contributed by atoms with Gasteiger partial charge in [-0.1, -0.05) is 92.7 Å². The Morgan fingerprint density at radius 1 is 0.379 bits per heavy atom. The molecule has 0 saturated carbocycles. The molecule has 0 spiro atoms. The lowest BCUT2D eigenvalue weighted by molar-refractivity contribution is 0.818. The van der Waals surface area contributed by atoms with Crippen LogP contribution in [-0.4, -0.2) is 5.25 Å². The smallest absolute Gasteiger partial charge is 0.0879 e. The molecule has 2 aliphatic rings. The summed E-state index contributed by atoms with van der Waals surface area (Å²) in [5, 5.41) is 41.1. The third kappa shape index (κ3) is 2.48. The van der Waals surface area contributed by atoms with Crippen molar-refractivity contribution in [2.45, 2.75) is 46.5 Å². The summed E-state index contributed by atoms with van der Waals surface area (Å²) >= 11 is 4.24. The summed E-state index contributed by atoms with van der Waals surface area (Å²) in [4.78, 5) is 2.71. The van der Waals surface area contributed by atoms with Gasteiger partial charge in [0.2, 0.25) is 0 Å². The van der Waals surface area contributed by atoms with E-state index < -0.39 is 0 Å². The first-order chi connectivity index (χ1) is 28.7. The topological polar surface area (TPSA) is 0 Å². The van der Waals surface area contributed by atoms with Crippen molar-refractivity contribution in [1.29, 1.82) is 0 Å². The lowest BCUT2D eigenvalue weighted by atomic mass is 9.83. The molecule has 58 heavy (non-hydrogen) atoms. The molecule has 0 nitrogen and oxygen atoms in total. The Hall–Kier alpha value is -5.80. The molecule has 0 aromatic heterocycles. The van der Waals surface area contributed by atoms with E-state index in [-0.39, 0.29) is 10.00 Å². The highest BCUT2D eigenvalue weighted by Crippen LogP contribution is 2.71. The zero-order valence-corrected chi connectivity index (χ0v) is 33.3. The van der Waals surface area contributed by atoms with E-state index in [0.717, 1.165) is 12.8 Å². The number of rotatable bonds is 6. The van der Waals surface area contributed by atoms with Crippen LogP contribution in [0.15, 0.2) is 107 Å². The van der Waals surface area contributed by atoms with Gasteiger partial charge >= 0.3 is 0 Å². The van der Waals surface area contributed by atoms with Gasteiger partial charge in [0, 0.05) is 9.79 Å². The van der Waals surface area contributed by atoms with Crippen molar-refractivity contribution in [2.24, 2.45) is 0 Å². The molecule has 18 rings (SSSR count). The summed E-state index contributed by atoms with van der Waals surface area (Å²) in [7, 11) is 0. The lowest BCUT2D eigenvalue weighted by Crippen LogP contribution is -2.37. The van der Waals surface area contributed by atoms with E-state index in [0.29, 0.717) is 0 Å². The first-order valence-electron chi connectivity index (χ1n) is 21.2. The normalized spacial score (nSPS) is 18.8. The van der Waals surface area contributed by atoms with Crippen LogP contribution in [0, 0.1) is 0 Å². The standard InChI is InChI=1S/C56H28S2/c1-3-22-5-9-24(10-6-22)57-35-21-33-32-18-17-29-28-14-13-26-27-15-16-30-31-19-20-34-44-42(31)47-39(30)38(27)45-36(26)37(28)46-40(29)41(32)48-43(33)55(54(44)53-51(47)49(45)50(46)52(48)53)56(34,35)58-25-11-7-23(4-2)8-12-25/h5-21,35H,3-4H2,1-2H3. The van der Waals surface area contributed by atoms with Crippen molar-refractivity contribution in [2.75, 3.05) is 0 Å². The summed E-state index contributed by atoms with van der Waals surface area (Å²) in [5.74, 6) is 0. The molecule has 264 valence electrons. The van der Waals surface area contributed by atoms with Crippen LogP contribution in [0.25, 0.3) is 146 Å². The quantitative estimate of drug-likeness (QED) is 0.155. The predicted molar refractivity (Wildman–Crippen MR) is 253 cm³/mol. The van der Waals surface area contributed by atoms with Gasteiger partial charge in [-0.05, 0) is 205 Å². The van der Waals surface area contributed by atoms with Crippen molar-refractivity contribution < 1.29 is 0 Å². The van der Waals surface area contributed by atoms with Gasteiger partial charge in [0.25, 0.3) is 0 Å². The minimum atomic E-state index is -0.327. The SMILES string of the molecule is CCc1ccc(SC2C=c3c4ccc5c6ccc7c8ccc9c%10ccc%11c%12c%13c(c3c3c4c5c4c6c7c5c8c9c(c%10%12)c6c%13c3c4c56)C%112Sc2ccc(CC)cc2)cc1. The van der Waals surface area contributed by atoms with Crippen LogP contribution in [-0.2, 0) is 17.6 Å². The van der Waals surface area contributed by atoms with Crippen LogP contribution < -0.4 is 5.22 Å². The van der Waals surface area contributed by atoms with E-state index in [1.807, 2.05) is 0 Å². The summed E-state index contributed by atoms with van der Waals surface area (Å²) in [5.41, 5.74) is 5.92. The van der Waals surface area contributed by atoms with Crippen LogP contribution in [0.5, 0.6) is 0 Å². The zero-order valence-electron chi connectivity index (χ0n) is 31.6. The maximum Gasteiger partial charge on any atom is 0.0879 e. The fourth-order valence-electron chi connectivity index (χ4n) is 14.2. The Morgan fingerprint density at radius 3 is 1.29 bits per heavy atom. The molecule has 2 heteroatoms. The molecule has 0 radical (unpaired) electrons. The molecule has 16 aromatic rings. The van der Waals surface area contributed by atoms with Gasteiger partial charge < -0.3 is 0 Å². The molecular formula is C56H28S2. The third-order valence-electron chi connectivity index (χ3n) is 16.2. The largest absolute Gasteiger partial charge is 0.116 e. The summed E-state index contributed by atoms with van der Waals surface area (Å²) in [6, 6.07) is 39.2. The predicted octanol–water partition coefficient (Wildman–Crippen LogP) is 15.2. The fraction of sp³-hybridized carbons (Fsp3) is 0.107. The van der Waals surface area contributed by atoms with E-state index in [2.05, 4.69) is 141 Å². The van der Waals surface area contributed by atoms with E-state index in [1.165, 1.54) is 107 Å². The Morgan fingerprint density at radius 2 is 0.776 bits per heavy atom. The first kappa shape index (κ1) is 28.6. The maximum atomic E-state index is 2.75. The molecule has 0 fully saturated rings. The van der Waals surface area contributed by atoms with Crippen LogP contribution >= 0.6 is 23.5 Å². The third-order valence-corrected chi connectivity index (χ3v) is 19.1. The van der Waals surface area contributed by atoms with Crippen LogP contribution in [0.4, 0.5) is 0 Å². The molecule has 2 atom stereocenters. The lowest BCUT2D eigenvalue weighted by Gasteiger charge is -2.40. The number of hydrogen-bond acceptors (Lipinski definition) is 2. The average molecular weight is 765 g/mol. The highest BCUT2D eigenvalue weighted by molar-refractivity contribution is 8.04. The Labute approximate surface area is 338 Å². The van der Waals surface area contributed by atoms with Gasteiger partial charge in [0.1, 0.15) is 0 Å².